The van der Waals surface area contributed by atoms with E-state index in [0.29, 0.717) is 5.56 Å². The minimum absolute atomic E-state index is 0.186. The Kier molecular flexibility index (Phi) is 2.04. The van der Waals surface area contributed by atoms with Gasteiger partial charge in [0, 0.05) is 5.56 Å². The van der Waals surface area contributed by atoms with Gasteiger partial charge in [0.25, 0.3) is 0 Å². The quantitative estimate of drug-likeness (QED) is 0.710. The minimum Gasteiger partial charge on any atom is -0.508 e. The molecule has 0 aromatic heterocycles. The van der Waals surface area contributed by atoms with E-state index in [2.05, 4.69) is 5.32 Å². The number of nitrogens with one attached hydrogen (secondary N) is 1. The van der Waals surface area contributed by atoms with Crippen LogP contribution in [-0.4, -0.2) is 17.8 Å². The molecule has 1 aromatic rings. The van der Waals surface area contributed by atoms with Gasteiger partial charge in [0.2, 0.25) is 0 Å². The molecule has 0 spiro atoms. The van der Waals surface area contributed by atoms with Gasteiger partial charge >= 0.3 is 6.09 Å². The van der Waals surface area contributed by atoms with Crippen molar-refractivity contribution in [1.29, 1.82) is 0 Å². The summed E-state index contributed by atoms with van der Waals surface area (Å²) in [5, 5.41) is 12.2. The van der Waals surface area contributed by atoms with E-state index >= 15 is 0 Å². The molecule has 1 aliphatic heterocycles. The maximum atomic E-state index is 10.8. The molecule has 0 aliphatic carbocycles. The lowest BCUT2D eigenvalue weighted by Gasteiger charge is -2.10. The van der Waals surface area contributed by atoms with Crippen molar-refractivity contribution in [1.82, 2.24) is 5.32 Å². The number of carbonyl (C=O) groups is 1. The third kappa shape index (κ3) is 1.51. The number of hydrogen-bond acceptors (Lipinski definition) is 3. The fourth-order valence-corrected chi connectivity index (χ4v) is 1.51. The first-order valence-corrected chi connectivity index (χ1v) is 4.39. The molecule has 4 heteroatoms. The molecule has 1 aliphatic rings. The molecule has 1 amide bonds. The smallest absolute Gasteiger partial charge is 0.407 e. The zero-order chi connectivity index (χ0) is 10.1. The van der Waals surface area contributed by atoms with Crippen LogP contribution in [-0.2, 0) is 4.74 Å². The lowest BCUT2D eigenvalue weighted by Crippen LogP contribution is -2.18. The molecule has 74 valence electrons. The van der Waals surface area contributed by atoms with E-state index in [9.17, 15) is 9.90 Å². The molecule has 0 bridgehead atoms. The van der Waals surface area contributed by atoms with Gasteiger partial charge < -0.3 is 15.2 Å². The summed E-state index contributed by atoms with van der Waals surface area (Å²) in [6.45, 7) is 2.20. The summed E-state index contributed by atoms with van der Waals surface area (Å²) < 4.78 is 4.75. The number of hydrogen-bond donors (Lipinski definition) is 2. The largest absolute Gasteiger partial charge is 0.508 e. The number of alkyl carbamates (subject to hydrolysis) is 1. The van der Waals surface area contributed by atoms with Crippen molar-refractivity contribution in [3.8, 4) is 5.75 Å². The van der Waals surface area contributed by atoms with Gasteiger partial charge in [-0.3, -0.25) is 0 Å². The predicted octanol–water partition coefficient (Wildman–Crippen LogP) is 1.48. The maximum Gasteiger partial charge on any atom is 0.407 e. The molecule has 0 unspecified atom stereocenters. The SMILES string of the molecule is Cc1ccc(O)c([C@H]2COC(=O)N2)c1. The van der Waals surface area contributed by atoms with Gasteiger partial charge in [-0.15, -0.1) is 0 Å². The van der Waals surface area contributed by atoms with Crippen molar-refractivity contribution >= 4 is 6.09 Å². The molecule has 1 fully saturated rings. The van der Waals surface area contributed by atoms with Crippen molar-refractivity contribution in [2.24, 2.45) is 0 Å². The number of phenols is 1. The van der Waals surface area contributed by atoms with Crippen LogP contribution in [0.2, 0.25) is 0 Å². The van der Waals surface area contributed by atoms with Crippen molar-refractivity contribution in [3.05, 3.63) is 29.3 Å². The second kappa shape index (κ2) is 3.21. The van der Waals surface area contributed by atoms with Gasteiger partial charge in [0.1, 0.15) is 12.4 Å². The number of benzene rings is 1. The van der Waals surface area contributed by atoms with Crippen molar-refractivity contribution in [2.45, 2.75) is 13.0 Å². The van der Waals surface area contributed by atoms with Crippen LogP contribution in [0, 0.1) is 6.92 Å². The number of aryl methyl sites for hydroxylation is 1. The van der Waals surface area contributed by atoms with Crippen LogP contribution in [0.1, 0.15) is 17.2 Å². The monoisotopic (exact) mass is 193 g/mol. The number of cyclic esters (lactones) is 1. The second-order valence-electron chi connectivity index (χ2n) is 3.36. The molecule has 2 N–H and O–H groups in total. The number of ether oxygens (including phenoxy) is 1. The topological polar surface area (TPSA) is 58.6 Å². The lowest BCUT2D eigenvalue weighted by atomic mass is 10.0. The van der Waals surface area contributed by atoms with Crippen LogP contribution in [0.5, 0.6) is 5.75 Å². The summed E-state index contributed by atoms with van der Waals surface area (Å²) in [7, 11) is 0. The molecule has 1 saturated heterocycles. The molecule has 1 aromatic carbocycles. The summed E-state index contributed by atoms with van der Waals surface area (Å²) in [6, 6.07) is 5.04. The Labute approximate surface area is 81.5 Å². The van der Waals surface area contributed by atoms with Crippen molar-refractivity contribution in [3.63, 3.8) is 0 Å². The highest BCUT2D eigenvalue weighted by atomic mass is 16.6. The van der Waals surface area contributed by atoms with Crippen LogP contribution < -0.4 is 5.32 Å². The highest BCUT2D eigenvalue weighted by molar-refractivity contribution is 5.70. The predicted molar refractivity (Wildman–Crippen MR) is 50.1 cm³/mol. The van der Waals surface area contributed by atoms with E-state index in [-0.39, 0.29) is 18.4 Å². The van der Waals surface area contributed by atoms with E-state index in [1.54, 1.807) is 6.07 Å². The average Bonchev–Trinajstić information content (AvgIpc) is 2.56. The Morgan fingerprint density at radius 1 is 1.57 bits per heavy atom. The summed E-state index contributed by atoms with van der Waals surface area (Å²) in [6.07, 6.45) is -0.434. The van der Waals surface area contributed by atoms with E-state index in [1.807, 2.05) is 19.1 Å². The Balaban J connectivity index is 2.31. The fraction of sp³-hybridized carbons (Fsp3) is 0.300. The minimum atomic E-state index is -0.434. The molecule has 4 nitrogen and oxygen atoms in total. The second-order valence-corrected chi connectivity index (χ2v) is 3.36. The first-order valence-electron chi connectivity index (χ1n) is 4.39. The van der Waals surface area contributed by atoms with Gasteiger partial charge in [-0.1, -0.05) is 17.7 Å². The summed E-state index contributed by atoms with van der Waals surface area (Å²) in [5.74, 6) is 0.186. The van der Waals surface area contributed by atoms with E-state index in [1.165, 1.54) is 0 Å². The van der Waals surface area contributed by atoms with Crippen LogP contribution in [0.3, 0.4) is 0 Å². The molecule has 2 rings (SSSR count). The lowest BCUT2D eigenvalue weighted by molar-refractivity contribution is 0.177. The van der Waals surface area contributed by atoms with Gasteiger partial charge in [-0.2, -0.15) is 0 Å². The van der Waals surface area contributed by atoms with Crippen molar-refractivity contribution < 1.29 is 14.6 Å². The Morgan fingerprint density at radius 3 is 3.00 bits per heavy atom. The fourth-order valence-electron chi connectivity index (χ4n) is 1.51. The van der Waals surface area contributed by atoms with E-state index in [4.69, 9.17) is 4.74 Å². The van der Waals surface area contributed by atoms with Crippen LogP contribution >= 0.6 is 0 Å². The van der Waals surface area contributed by atoms with Gasteiger partial charge in [0.15, 0.2) is 0 Å². The third-order valence-electron chi connectivity index (χ3n) is 2.23. The highest BCUT2D eigenvalue weighted by Gasteiger charge is 2.25. The van der Waals surface area contributed by atoms with Crippen LogP contribution in [0.25, 0.3) is 0 Å². The van der Waals surface area contributed by atoms with Crippen LogP contribution in [0.4, 0.5) is 4.79 Å². The standard InChI is InChI=1S/C10H11NO3/c1-6-2-3-9(12)7(4-6)8-5-14-10(13)11-8/h2-4,8,12H,5H2,1H3,(H,11,13)/t8-/m1/s1. The molecular weight excluding hydrogens is 182 g/mol. The normalized spacial score (nSPS) is 20.4. The first-order chi connectivity index (χ1) is 6.66. The van der Waals surface area contributed by atoms with E-state index < -0.39 is 6.09 Å². The highest BCUT2D eigenvalue weighted by Crippen LogP contribution is 2.27. The molecule has 1 atom stereocenters. The number of rotatable bonds is 1. The van der Waals surface area contributed by atoms with Gasteiger partial charge in [-0.05, 0) is 13.0 Å². The first kappa shape index (κ1) is 8.87. The Morgan fingerprint density at radius 2 is 2.36 bits per heavy atom. The van der Waals surface area contributed by atoms with Gasteiger partial charge in [0.05, 0.1) is 6.04 Å². The molecule has 1 heterocycles. The number of amides is 1. The average molecular weight is 193 g/mol. The summed E-state index contributed by atoms with van der Waals surface area (Å²) in [5.41, 5.74) is 1.75. The van der Waals surface area contributed by atoms with Crippen LogP contribution in [0.15, 0.2) is 18.2 Å². The Bertz CT molecular complexity index is 376. The zero-order valence-electron chi connectivity index (χ0n) is 7.78. The van der Waals surface area contributed by atoms with Crippen molar-refractivity contribution in [2.75, 3.05) is 6.61 Å². The van der Waals surface area contributed by atoms with E-state index in [0.717, 1.165) is 5.56 Å². The number of phenolic OH excluding ortho intramolecular Hbond substituents is 1. The summed E-state index contributed by atoms with van der Waals surface area (Å²) in [4.78, 5) is 10.8. The summed E-state index contributed by atoms with van der Waals surface area (Å²) >= 11 is 0. The molecule has 0 radical (unpaired) electrons. The zero-order valence-corrected chi connectivity index (χ0v) is 7.78. The van der Waals surface area contributed by atoms with Gasteiger partial charge in [-0.25, -0.2) is 4.79 Å². The number of aromatic hydroxyl groups is 1. The molecule has 14 heavy (non-hydrogen) atoms. The Hall–Kier alpha value is -1.71. The third-order valence-corrected chi connectivity index (χ3v) is 2.23. The number of carbonyl (C=O) groups excluding carboxylic acids is 1. The maximum absolute atomic E-state index is 10.8. The molecular formula is C10H11NO3. The molecule has 0 saturated carbocycles.